The van der Waals surface area contributed by atoms with Gasteiger partial charge in [0.2, 0.25) is 5.76 Å². The Balaban J connectivity index is 2.42. The van der Waals surface area contributed by atoms with Gasteiger partial charge in [-0.1, -0.05) is 19.0 Å². The van der Waals surface area contributed by atoms with Gasteiger partial charge in [0, 0.05) is 12.6 Å². The monoisotopic (exact) mass is 254 g/mol. The summed E-state index contributed by atoms with van der Waals surface area (Å²) in [5.41, 5.74) is -0.235. The Morgan fingerprint density at radius 2 is 2.28 bits per heavy atom. The number of carbonyl (C=O) groups excluding carboxylic acids is 1. The lowest BCUT2D eigenvalue weighted by molar-refractivity contribution is 0.0422. The zero-order valence-electron chi connectivity index (χ0n) is 11.5. The van der Waals surface area contributed by atoms with E-state index in [-0.39, 0.29) is 18.2 Å². The lowest BCUT2D eigenvalue weighted by atomic mass is 9.95. The van der Waals surface area contributed by atoms with Crippen molar-refractivity contribution in [3.8, 4) is 0 Å². The average molecular weight is 254 g/mol. The van der Waals surface area contributed by atoms with Crippen LogP contribution >= 0.6 is 0 Å². The fourth-order valence-corrected chi connectivity index (χ4v) is 1.52. The third-order valence-corrected chi connectivity index (χ3v) is 2.74. The van der Waals surface area contributed by atoms with Gasteiger partial charge in [0.05, 0.1) is 11.3 Å². The van der Waals surface area contributed by atoms with Crippen LogP contribution in [0.1, 0.15) is 49.9 Å². The van der Waals surface area contributed by atoms with Crippen LogP contribution in [0.15, 0.2) is 10.6 Å². The molecule has 5 heteroatoms. The second kappa shape index (κ2) is 6.00. The van der Waals surface area contributed by atoms with Gasteiger partial charge in [0.25, 0.3) is 5.91 Å². The molecule has 0 aliphatic rings. The summed E-state index contributed by atoms with van der Waals surface area (Å²) in [5, 5.41) is 16.4. The lowest BCUT2D eigenvalue weighted by Crippen LogP contribution is -2.40. The molecule has 1 unspecified atom stereocenters. The van der Waals surface area contributed by atoms with Crippen LogP contribution in [0.4, 0.5) is 0 Å². The molecule has 1 aromatic rings. The van der Waals surface area contributed by atoms with E-state index >= 15 is 0 Å². The van der Waals surface area contributed by atoms with Crippen LogP contribution in [0.3, 0.4) is 0 Å². The van der Waals surface area contributed by atoms with Gasteiger partial charge in [-0.05, 0) is 32.6 Å². The molecule has 0 fully saturated rings. The minimum atomic E-state index is -0.894. The highest BCUT2D eigenvalue weighted by atomic mass is 16.5. The van der Waals surface area contributed by atoms with E-state index in [9.17, 15) is 9.90 Å². The van der Waals surface area contributed by atoms with Crippen LogP contribution in [0.5, 0.6) is 0 Å². The number of nitrogens with one attached hydrogen (secondary N) is 1. The largest absolute Gasteiger partial charge is 0.388 e. The Morgan fingerprint density at radius 3 is 2.78 bits per heavy atom. The van der Waals surface area contributed by atoms with Crippen LogP contribution in [0, 0.1) is 12.8 Å². The summed E-state index contributed by atoms with van der Waals surface area (Å²) in [4.78, 5) is 11.7. The van der Waals surface area contributed by atoms with Gasteiger partial charge in [-0.2, -0.15) is 0 Å². The molecule has 1 rings (SSSR count). The molecule has 1 atom stereocenters. The zero-order valence-corrected chi connectivity index (χ0v) is 11.5. The lowest BCUT2D eigenvalue weighted by Gasteiger charge is -2.24. The van der Waals surface area contributed by atoms with Crippen LogP contribution in [0.2, 0.25) is 0 Å². The van der Waals surface area contributed by atoms with Gasteiger partial charge in [0.1, 0.15) is 0 Å². The fraction of sp³-hybridized carbons (Fsp3) is 0.692. The molecule has 0 radical (unpaired) electrons. The first-order valence-electron chi connectivity index (χ1n) is 6.24. The molecule has 0 saturated carbocycles. The Hall–Kier alpha value is -1.36. The third kappa shape index (κ3) is 4.87. The minimum Gasteiger partial charge on any atom is -0.388 e. The Morgan fingerprint density at radius 1 is 1.61 bits per heavy atom. The summed E-state index contributed by atoms with van der Waals surface area (Å²) in [5.74, 6) is 0.358. The molecule has 0 bridgehead atoms. The number of hydrogen-bond donors (Lipinski definition) is 2. The van der Waals surface area contributed by atoms with Crippen molar-refractivity contribution in [2.24, 2.45) is 5.92 Å². The van der Waals surface area contributed by atoms with Gasteiger partial charge in [-0.15, -0.1) is 0 Å². The van der Waals surface area contributed by atoms with Crippen molar-refractivity contribution in [1.29, 1.82) is 0 Å². The number of amides is 1. The smallest absolute Gasteiger partial charge is 0.290 e. The molecule has 18 heavy (non-hydrogen) atoms. The second-order valence-electron chi connectivity index (χ2n) is 5.44. The van der Waals surface area contributed by atoms with Crippen molar-refractivity contribution in [2.45, 2.75) is 46.1 Å². The van der Waals surface area contributed by atoms with E-state index in [1.807, 2.05) is 0 Å². The molecule has 1 aromatic heterocycles. The summed E-state index contributed by atoms with van der Waals surface area (Å²) in [6.07, 6.45) is 1.57. The molecule has 1 heterocycles. The van der Waals surface area contributed by atoms with Gasteiger partial charge in [-0.25, -0.2) is 0 Å². The van der Waals surface area contributed by atoms with E-state index in [4.69, 9.17) is 4.52 Å². The maximum Gasteiger partial charge on any atom is 0.290 e. The quantitative estimate of drug-likeness (QED) is 0.813. The van der Waals surface area contributed by atoms with Crippen molar-refractivity contribution in [1.82, 2.24) is 10.5 Å². The van der Waals surface area contributed by atoms with Crippen LogP contribution in [0.25, 0.3) is 0 Å². The van der Waals surface area contributed by atoms with Crippen molar-refractivity contribution >= 4 is 5.91 Å². The molecule has 1 amide bonds. The van der Waals surface area contributed by atoms with E-state index in [1.54, 1.807) is 19.9 Å². The van der Waals surface area contributed by atoms with E-state index in [2.05, 4.69) is 24.3 Å². The number of aliphatic hydroxyl groups is 1. The molecule has 0 saturated heterocycles. The summed E-state index contributed by atoms with van der Waals surface area (Å²) in [6, 6.07) is 1.57. The third-order valence-electron chi connectivity index (χ3n) is 2.74. The maximum atomic E-state index is 11.7. The van der Waals surface area contributed by atoms with E-state index in [0.717, 1.165) is 6.42 Å². The van der Waals surface area contributed by atoms with Gasteiger partial charge < -0.3 is 14.9 Å². The fourth-order valence-electron chi connectivity index (χ4n) is 1.52. The molecule has 0 aromatic carbocycles. The highest BCUT2D eigenvalue weighted by Gasteiger charge is 2.22. The molecule has 0 aliphatic heterocycles. The van der Waals surface area contributed by atoms with Crippen LogP contribution in [-0.2, 0) is 0 Å². The van der Waals surface area contributed by atoms with Gasteiger partial charge in [0.15, 0.2) is 0 Å². The second-order valence-corrected chi connectivity index (χ2v) is 5.44. The Kier molecular flexibility index (Phi) is 4.90. The number of nitrogens with zero attached hydrogens (tertiary/aromatic N) is 1. The van der Waals surface area contributed by atoms with Crippen molar-refractivity contribution in [3.63, 3.8) is 0 Å². The Bertz CT molecular complexity index is 397. The molecular weight excluding hydrogens is 232 g/mol. The van der Waals surface area contributed by atoms with Gasteiger partial charge in [-0.3, -0.25) is 4.79 Å². The number of rotatable bonds is 6. The molecule has 102 valence electrons. The first-order valence-corrected chi connectivity index (χ1v) is 6.24. The number of carbonyl (C=O) groups is 1. The molecule has 2 N–H and O–H groups in total. The first kappa shape index (κ1) is 14.7. The summed E-state index contributed by atoms with van der Waals surface area (Å²) >= 11 is 0. The molecule has 0 aliphatic carbocycles. The number of aryl methyl sites for hydroxylation is 1. The number of hydrogen-bond acceptors (Lipinski definition) is 4. The highest BCUT2D eigenvalue weighted by Crippen LogP contribution is 2.15. The summed E-state index contributed by atoms with van der Waals surface area (Å²) < 4.78 is 4.85. The topological polar surface area (TPSA) is 75.4 Å². The Labute approximate surface area is 108 Å². The normalized spacial score (nSPS) is 14.6. The van der Waals surface area contributed by atoms with Crippen molar-refractivity contribution in [2.75, 3.05) is 6.54 Å². The summed E-state index contributed by atoms with van der Waals surface area (Å²) in [6.45, 7) is 7.89. The van der Waals surface area contributed by atoms with E-state index in [1.165, 1.54) is 0 Å². The zero-order chi connectivity index (χ0) is 13.8. The molecule has 5 nitrogen and oxygen atoms in total. The standard InChI is InChI=1S/C13H22N2O3/c1-9(2)5-6-13(4,17)8-14-12(16)11-7-10(3)15-18-11/h7,9,17H,5-6,8H2,1-4H3,(H,14,16). The van der Waals surface area contributed by atoms with Crippen molar-refractivity contribution in [3.05, 3.63) is 17.5 Å². The SMILES string of the molecule is Cc1cc(C(=O)NCC(C)(O)CCC(C)C)on1. The van der Waals surface area contributed by atoms with E-state index in [0.29, 0.717) is 18.0 Å². The number of aromatic nitrogens is 1. The predicted octanol–water partition coefficient (Wildman–Crippen LogP) is 1.90. The highest BCUT2D eigenvalue weighted by molar-refractivity contribution is 5.91. The molecule has 0 spiro atoms. The van der Waals surface area contributed by atoms with Gasteiger partial charge >= 0.3 is 0 Å². The predicted molar refractivity (Wildman–Crippen MR) is 68.3 cm³/mol. The minimum absolute atomic E-state index is 0.173. The summed E-state index contributed by atoms with van der Waals surface area (Å²) in [7, 11) is 0. The van der Waals surface area contributed by atoms with E-state index < -0.39 is 5.60 Å². The maximum absolute atomic E-state index is 11.7. The van der Waals surface area contributed by atoms with Crippen molar-refractivity contribution < 1.29 is 14.4 Å². The van der Waals surface area contributed by atoms with Crippen LogP contribution < -0.4 is 5.32 Å². The molecular formula is C13H22N2O3. The van der Waals surface area contributed by atoms with Crippen LogP contribution in [-0.4, -0.2) is 28.3 Å². The average Bonchev–Trinajstić information content (AvgIpc) is 2.70. The first-order chi connectivity index (χ1) is 8.30.